The van der Waals surface area contributed by atoms with Gasteiger partial charge in [-0.3, -0.25) is 24.0 Å². The van der Waals surface area contributed by atoms with Crippen LogP contribution in [0.25, 0.3) is 0 Å². The van der Waals surface area contributed by atoms with E-state index in [1.165, 1.54) is 31.7 Å². The molecule has 4 amide bonds. The number of fused-ring (bicyclic) bond motifs is 1. The van der Waals surface area contributed by atoms with Crippen molar-refractivity contribution >= 4 is 41.0 Å². The molecule has 4 fully saturated rings. The van der Waals surface area contributed by atoms with Gasteiger partial charge in [-0.1, -0.05) is 52.3 Å². The Labute approximate surface area is 270 Å². The molecule has 2 aliphatic heterocycles. The fraction of sp³-hybridized carbons (Fsp3) is 0.656. The Morgan fingerprint density at radius 1 is 1.13 bits per heavy atom. The Balaban J connectivity index is 1.37. The summed E-state index contributed by atoms with van der Waals surface area (Å²) in [6.07, 6.45) is -2.98. The van der Waals surface area contributed by atoms with Gasteiger partial charge < -0.3 is 25.6 Å². The fourth-order valence-electron chi connectivity index (χ4n) is 7.11. The number of carbonyl (C=O) groups excluding carboxylic acids is 5. The highest BCUT2D eigenvalue weighted by atomic mass is 35.5. The number of ether oxygens (including phenoxy) is 1. The van der Waals surface area contributed by atoms with Crippen LogP contribution in [0.4, 0.5) is 13.2 Å². The van der Waals surface area contributed by atoms with Crippen molar-refractivity contribution in [1.82, 2.24) is 20.9 Å². The number of hydrogen-bond donors (Lipinski definition) is 3. The lowest BCUT2D eigenvalue weighted by molar-refractivity contribution is -0.176. The molecule has 2 saturated carbocycles. The summed E-state index contributed by atoms with van der Waals surface area (Å²) in [5.41, 5.74) is -1.73. The summed E-state index contributed by atoms with van der Waals surface area (Å²) in [6, 6.07) is 2.64. The highest BCUT2D eigenvalue weighted by Gasteiger charge is 2.70. The lowest BCUT2D eigenvalue weighted by Gasteiger charge is -2.38. The third-order valence-electron chi connectivity index (χ3n) is 10.1. The van der Waals surface area contributed by atoms with Crippen molar-refractivity contribution in [1.29, 1.82) is 0 Å². The molecule has 6 atom stereocenters. The largest absolute Gasteiger partial charge is 0.486 e. The summed E-state index contributed by atoms with van der Waals surface area (Å²) in [5.74, 6) is -5.03. The van der Waals surface area contributed by atoms with E-state index >= 15 is 0 Å². The second-order valence-electron chi connectivity index (χ2n) is 14.8. The number of Topliss-reactive ketones (excluding diaryl/α,β-unsaturated/α-hetero) is 1. The van der Waals surface area contributed by atoms with Gasteiger partial charge in [0.2, 0.25) is 17.7 Å². The van der Waals surface area contributed by atoms with E-state index in [9.17, 15) is 37.1 Å². The molecule has 2 saturated heterocycles. The number of halogens is 4. The molecule has 1 aromatic rings. The minimum Gasteiger partial charge on any atom is -0.486 e. The maximum Gasteiger partial charge on any atom is 0.471 e. The van der Waals surface area contributed by atoms with Crippen LogP contribution in [0, 0.1) is 28.6 Å². The van der Waals surface area contributed by atoms with Crippen molar-refractivity contribution in [2.45, 2.75) is 90.1 Å². The molecule has 2 aliphatic carbocycles. The minimum atomic E-state index is -5.21. The molecule has 0 bridgehead atoms. The number of alkyl halides is 3. The highest BCUT2D eigenvalue weighted by molar-refractivity contribution is 6.30. The zero-order valence-electron chi connectivity index (χ0n) is 26.4. The third kappa shape index (κ3) is 6.84. The van der Waals surface area contributed by atoms with E-state index in [4.69, 9.17) is 16.3 Å². The quantitative estimate of drug-likeness (QED) is 0.350. The second kappa shape index (κ2) is 11.7. The normalized spacial score (nSPS) is 26.9. The van der Waals surface area contributed by atoms with Gasteiger partial charge in [-0.25, -0.2) is 0 Å². The van der Waals surface area contributed by atoms with E-state index in [0.29, 0.717) is 17.2 Å². The van der Waals surface area contributed by atoms with Crippen LogP contribution in [-0.4, -0.2) is 77.3 Å². The van der Waals surface area contributed by atoms with Crippen molar-refractivity contribution in [2.75, 3.05) is 13.2 Å². The molecular weight excluding hydrogens is 629 g/mol. The molecule has 46 heavy (non-hydrogen) atoms. The van der Waals surface area contributed by atoms with Crippen molar-refractivity contribution in [3.05, 3.63) is 29.3 Å². The number of nitrogens with one attached hydrogen (secondary N) is 3. The van der Waals surface area contributed by atoms with Crippen LogP contribution in [0.3, 0.4) is 0 Å². The number of benzene rings is 1. The van der Waals surface area contributed by atoms with Crippen LogP contribution in [-0.2, 0) is 24.0 Å². The van der Waals surface area contributed by atoms with Crippen LogP contribution in [0.15, 0.2) is 24.3 Å². The van der Waals surface area contributed by atoms with Gasteiger partial charge in [0.25, 0.3) is 0 Å². The summed E-state index contributed by atoms with van der Waals surface area (Å²) in [5, 5.41) is 8.02. The summed E-state index contributed by atoms with van der Waals surface area (Å²) in [7, 11) is 0. The lowest BCUT2D eigenvalue weighted by Crippen LogP contribution is -2.61. The van der Waals surface area contributed by atoms with Gasteiger partial charge >= 0.3 is 12.1 Å². The molecule has 0 aromatic heterocycles. The molecule has 5 rings (SSSR count). The number of hydrogen-bond acceptors (Lipinski definition) is 6. The van der Waals surface area contributed by atoms with Crippen LogP contribution < -0.4 is 20.7 Å². The summed E-state index contributed by atoms with van der Waals surface area (Å²) in [6.45, 7) is 8.13. The first-order valence-corrected chi connectivity index (χ1v) is 15.8. The zero-order chi connectivity index (χ0) is 34.0. The molecular formula is C32H40ClF3N4O6. The Bertz CT molecular complexity index is 1440. The molecule has 2 heterocycles. The van der Waals surface area contributed by atoms with Crippen LogP contribution in [0.2, 0.25) is 5.02 Å². The molecule has 14 heteroatoms. The van der Waals surface area contributed by atoms with E-state index in [1.807, 2.05) is 19.2 Å². The molecule has 0 radical (unpaired) electrons. The van der Waals surface area contributed by atoms with Crippen molar-refractivity contribution in [3.63, 3.8) is 0 Å². The molecule has 1 aromatic carbocycles. The Morgan fingerprint density at radius 3 is 2.37 bits per heavy atom. The standard InChI is InChI=1S/C32H40ClF3N4O6/c1-29(2,3)24(38-28(45)32(34,35)36)27(44)40-14-19-22(30(19,4)5)23(40)26(43)37-20(11-16-13-31(9-10-31)39-25(16)42)21(41)15-46-18-8-6-7-17(33)12-18/h6-8,12,16,19-20,22-24H,9-11,13-15H2,1-5H3,(H,37,43)(H,38,45)(H,39,42)/t16-,19+,20+,22+,23+,24-/m1/s1. The van der Waals surface area contributed by atoms with Crippen LogP contribution in [0.5, 0.6) is 5.75 Å². The predicted octanol–water partition coefficient (Wildman–Crippen LogP) is 3.41. The number of carbonyl (C=O) groups is 5. The zero-order valence-corrected chi connectivity index (χ0v) is 27.2. The monoisotopic (exact) mass is 668 g/mol. The number of nitrogens with zero attached hydrogens (tertiary/aromatic N) is 1. The predicted molar refractivity (Wildman–Crippen MR) is 160 cm³/mol. The maximum atomic E-state index is 14.1. The average Bonchev–Trinajstić information content (AvgIpc) is 3.66. The second-order valence-corrected chi connectivity index (χ2v) is 15.3. The molecule has 10 nitrogen and oxygen atoms in total. The number of ketones is 1. The number of rotatable bonds is 10. The van der Waals surface area contributed by atoms with Crippen molar-refractivity contribution in [2.24, 2.45) is 28.6 Å². The summed E-state index contributed by atoms with van der Waals surface area (Å²) < 4.78 is 45.2. The molecule has 0 unspecified atom stereocenters. The van der Waals surface area contributed by atoms with E-state index in [1.54, 1.807) is 18.2 Å². The fourth-order valence-corrected chi connectivity index (χ4v) is 7.29. The highest BCUT2D eigenvalue weighted by Crippen LogP contribution is 2.65. The van der Waals surface area contributed by atoms with E-state index in [-0.39, 0.29) is 41.7 Å². The van der Waals surface area contributed by atoms with E-state index in [2.05, 4.69) is 10.6 Å². The average molecular weight is 669 g/mol. The topological polar surface area (TPSA) is 134 Å². The maximum absolute atomic E-state index is 14.1. The number of piperidine rings is 1. The van der Waals surface area contributed by atoms with Crippen LogP contribution in [0.1, 0.15) is 60.3 Å². The summed E-state index contributed by atoms with van der Waals surface area (Å²) >= 11 is 6.03. The van der Waals surface area contributed by atoms with Gasteiger partial charge in [-0.05, 0) is 66.5 Å². The Morgan fingerprint density at radius 2 is 1.80 bits per heavy atom. The van der Waals surface area contributed by atoms with E-state index < -0.39 is 65.7 Å². The first-order chi connectivity index (χ1) is 21.2. The molecule has 252 valence electrons. The van der Waals surface area contributed by atoms with Crippen molar-refractivity contribution < 1.29 is 41.9 Å². The summed E-state index contributed by atoms with van der Waals surface area (Å²) in [4.78, 5) is 67.5. The van der Waals surface area contributed by atoms with Gasteiger partial charge in [-0.2, -0.15) is 13.2 Å². The van der Waals surface area contributed by atoms with Gasteiger partial charge in [-0.15, -0.1) is 0 Å². The van der Waals surface area contributed by atoms with Gasteiger partial charge in [0.15, 0.2) is 5.78 Å². The smallest absolute Gasteiger partial charge is 0.471 e. The van der Waals surface area contributed by atoms with Crippen LogP contribution >= 0.6 is 11.6 Å². The third-order valence-corrected chi connectivity index (χ3v) is 10.3. The molecule has 1 spiro atoms. The molecule has 4 aliphatic rings. The Kier molecular flexibility index (Phi) is 8.66. The van der Waals surface area contributed by atoms with Gasteiger partial charge in [0.05, 0.1) is 6.04 Å². The van der Waals surface area contributed by atoms with Gasteiger partial charge in [0.1, 0.15) is 24.4 Å². The van der Waals surface area contributed by atoms with Gasteiger partial charge in [0, 0.05) is 23.0 Å². The first kappa shape index (κ1) is 34.0. The Hall–Kier alpha value is -3.35. The SMILES string of the molecule is CC(C)(C)[C@H](NC(=O)C(F)(F)F)C(=O)N1C[C@H]2[C@@H]([C@H]1C(=O)N[C@@H](C[C@@H]1CC3(CC3)NC1=O)C(=O)COc1cccc(Cl)c1)C2(C)C. The lowest BCUT2D eigenvalue weighted by atomic mass is 9.85. The number of amides is 4. The molecule has 3 N–H and O–H groups in total. The van der Waals surface area contributed by atoms with Crippen molar-refractivity contribution in [3.8, 4) is 5.75 Å². The minimum absolute atomic E-state index is 0.0154. The van der Waals surface area contributed by atoms with E-state index in [0.717, 1.165) is 12.8 Å². The first-order valence-electron chi connectivity index (χ1n) is 15.5. The number of likely N-dealkylation sites (tertiary alicyclic amines) is 1.